The second kappa shape index (κ2) is 5.17. The molecule has 0 bridgehead atoms. The lowest BCUT2D eigenvalue weighted by atomic mass is 9.68. The highest BCUT2D eigenvalue weighted by atomic mass is 16.5. The predicted octanol–water partition coefficient (Wildman–Crippen LogP) is 1.92. The molecule has 3 heteroatoms. The molecule has 0 aromatic heterocycles. The van der Waals surface area contributed by atoms with Gasteiger partial charge in [-0.1, -0.05) is 13.3 Å². The molecule has 2 rings (SSSR count). The summed E-state index contributed by atoms with van der Waals surface area (Å²) in [6.07, 6.45) is 4.71. The van der Waals surface area contributed by atoms with Gasteiger partial charge in [0, 0.05) is 6.54 Å². The number of carbonyl (C=O) groups is 1. The number of likely N-dealkylation sites (tertiary alicyclic amines) is 1. The zero-order valence-corrected chi connectivity index (χ0v) is 10.4. The molecule has 1 aliphatic heterocycles. The summed E-state index contributed by atoms with van der Waals surface area (Å²) in [6.45, 7) is 5.72. The van der Waals surface area contributed by atoms with Crippen LogP contribution < -0.4 is 0 Å². The Hall–Kier alpha value is -0.570. The second-order valence-corrected chi connectivity index (χ2v) is 5.17. The van der Waals surface area contributed by atoms with Crippen LogP contribution in [0.4, 0.5) is 0 Å². The van der Waals surface area contributed by atoms with E-state index in [2.05, 4.69) is 11.8 Å². The van der Waals surface area contributed by atoms with Crippen LogP contribution in [0.3, 0.4) is 0 Å². The molecule has 2 fully saturated rings. The van der Waals surface area contributed by atoms with Gasteiger partial charge in [-0.25, -0.2) is 0 Å². The lowest BCUT2D eigenvalue weighted by Gasteiger charge is -2.44. The third-order valence-electron chi connectivity index (χ3n) is 4.43. The highest BCUT2D eigenvalue weighted by Crippen LogP contribution is 2.40. The first-order valence-corrected chi connectivity index (χ1v) is 6.56. The molecular formula is C13H23NO2. The van der Waals surface area contributed by atoms with Gasteiger partial charge in [0.25, 0.3) is 0 Å². The molecule has 0 aromatic rings. The molecule has 3 atom stereocenters. The molecule has 3 nitrogen and oxygen atoms in total. The smallest absolute Gasteiger partial charge is 0.308 e. The maximum atomic E-state index is 11.7. The largest absolute Gasteiger partial charge is 0.469 e. The van der Waals surface area contributed by atoms with E-state index in [1.165, 1.54) is 32.9 Å². The van der Waals surface area contributed by atoms with Gasteiger partial charge >= 0.3 is 5.97 Å². The van der Waals surface area contributed by atoms with Crippen molar-refractivity contribution in [2.75, 3.05) is 26.7 Å². The zero-order valence-electron chi connectivity index (χ0n) is 10.4. The molecule has 0 aromatic carbocycles. The van der Waals surface area contributed by atoms with Crippen LogP contribution in [0.15, 0.2) is 0 Å². The number of fused-ring (bicyclic) bond motifs is 1. The minimum Gasteiger partial charge on any atom is -0.469 e. The summed E-state index contributed by atoms with van der Waals surface area (Å²) in [5.74, 6) is 1.53. The van der Waals surface area contributed by atoms with E-state index in [1.54, 1.807) is 0 Å². The van der Waals surface area contributed by atoms with Crippen LogP contribution in [0.2, 0.25) is 0 Å². The molecule has 0 amide bonds. The van der Waals surface area contributed by atoms with E-state index >= 15 is 0 Å². The first-order chi connectivity index (χ1) is 7.76. The van der Waals surface area contributed by atoms with E-state index < -0.39 is 0 Å². The van der Waals surface area contributed by atoms with Crippen molar-refractivity contribution in [3.63, 3.8) is 0 Å². The summed E-state index contributed by atoms with van der Waals surface area (Å²) >= 11 is 0. The first-order valence-electron chi connectivity index (χ1n) is 6.56. The summed E-state index contributed by atoms with van der Waals surface area (Å²) in [4.78, 5) is 14.3. The Balaban J connectivity index is 2.01. The molecule has 1 saturated heterocycles. The normalized spacial score (nSPS) is 35.5. The Morgan fingerprint density at radius 1 is 1.38 bits per heavy atom. The molecule has 1 heterocycles. The number of rotatable bonds is 2. The van der Waals surface area contributed by atoms with Crippen LogP contribution in [0.5, 0.6) is 0 Å². The van der Waals surface area contributed by atoms with Gasteiger partial charge in [-0.15, -0.1) is 0 Å². The van der Waals surface area contributed by atoms with Crippen molar-refractivity contribution in [3.8, 4) is 0 Å². The average molecular weight is 225 g/mol. The number of piperidine rings is 1. The van der Waals surface area contributed by atoms with Crippen molar-refractivity contribution in [1.82, 2.24) is 4.90 Å². The Labute approximate surface area is 98.1 Å². The molecule has 2 aliphatic rings. The Morgan fingerprint density at radius 2 is 2.19 bits per heavy atom. The van der Waals surface area contributed by atoms with Crippen LogP contribution in [0.25, 0.3) is 0 Å². The maximum Gasteiger partial charge on any atom is 0.308 e. The van der Waals surface area contributed by atoms with Gasteiger partial charge in [0.1, 0.15) is 0 Å². The van der Waals surface area contributed by atoms with Crippen molar-refractivity contribution in [2.45, 2.75) is 32.6 Å². The SMILES string of the molecule is CCN1CC[C@H]2[C@@H](CCC[C@H]2C(=O)OC)C1. The number of carbonyl (C=O) groups excluding carboxylic acids is 1. The molecule has 0 unspecified atom stereocenters. The zero-order chi connectivity index (χ0) is 11.5. The van der Waals surface area contributed by atoms with Crippen LogP contribution >= 0.6 is 0 Å². The topological polar surface area (TPSA) is 29.5 Å². The molecular weight excluding hydrogens is 202 g/mol. The minimum atomic E-state index is 0.0275. The van der Waals surface area contributed by atoms with Crippen LogP contribution in [0, 0.1) is 17.8 Å². The minimum absolute atomic E-state index is 0.0275. The van der Waals surface area contributed by atoms with Crippen LogP contribution in [-0.4, -0.2) is 37.6 Å². The lowest BCUT2D eigenvalue weighted by Crippen LogP contribution is -2.46. The van der Waals surface area contributed by atoms with Gasteiger partial charge in [0.2, 0.25) is 0 Å². The molecule has 1 aliphatic carbocycles. The van der Waals surface area contributed by atoms with E-state index in [-0.39, 0.29) is 11.9 Å². The third-order valence-corrected chi connectivity index (χ3v) is 4.43. The Kier molecular flexibility index (Phi) is 3.85. The fourth-order valence-corrected chi connectivity index (χ4v) is 3.51. The van der Waals surface area contributed by atoms with Crippen molar-refractivity contribution in [3.05, 3.63) is 0 Å². The number of methoxy groups -OCH3 is 1. The molecule has 0 N–H and O–H groups in total. The molecule has 0 radical (unpaired) electrons. The van der Waals surface area contributed by atoms with Gasteiger partial charge in [0.15, 0.2) is 0 Å². The van der Waals surface area contributed by atoms with Gasteiger partial charge in [-0.3, -0.25) is 4.79 Å². The van der Waals surface area contributed by atoms with Gasteiger partial charge in [0.05, 0.1) is 13.0 Å². The Morgan fingerprint density at radius 3 is 2.88 bits per heavy atom. The fourth-order valence-electron chi connectivity index (χ4n) is 3.51. The van der Waals surface area contributed by atoms with E-state index in [9.17, 15) is 4.79 Å². The monoisotopic (exact) mass is 225 g/mol. The number of hydrogen-bond acceptors (Lipinski definition) is 3. The van der Waals surface area contributed by atoms with E-state index in [1.807, 2.05) is 0 Å². The highest BCUT2D eigenvalue weighted by molar-refractivity contribution is 5.72. The third kappa shape index (κ3) is 2.24. The number of nitrogens with zero attached hydrogens (tertiary/aromatic N) is 1. The predicted molar refractivity (Wildman–Crippen MR) is 63.1 cm³/mol. The quantitative estimate of drug-likeness (QED) is 0.672. The summed E-state index contributed by atoms with van der Waals surface area (Å²) in [5, 5.41) is 0. The number of ether oxygens (including phenoxy) is 1. The molecule has 0 spiro atoms. The van der Waals surface area contributed by atoms with Gasteiger partial charge in [-0.2, -0.15) is 0 Å². The average Bonchev–Trinajstić information content (AvgIpc) is 2.36. The first kappa shape index (κ1) is 11.9. The fraction of sp³-hybridized carbons (Fsp3) is 0.923. The van der Waals surface area contributed by atoms with E-state index in [4.69, 9.17) is 4.74 Å². The van der Waals surface area contributed by atoms with Crippen LogP contribution in [-0.2, 0) is 9.53 Å². The number of esters is 1. The molecule has 1 saturated carbocycles. The summed E-state index contributed by atoms with van der Waals surface area (Å²) < 4.78 is 4.94. The summed E-state index contributed by atoms with van der Waals surface area (Å²) in [6, 6.07) is 0. The highest BCUT2D eigenvalue weighted by Gasteiger charge is 2.40. The van der Waals surface area contributed by atoms with Gasteiger partial charge < -0.3 is 9.64 Å². The van der Waals surface area contributed by atoms with E-state index in [0.717, 1.165) is 25.4 Å². The number of hydrogen-bond donors (Lipinski definition) is 0. The lowest BCUT2D eigenvalue weighted by molar-refractivity contribution is -0.151. The van der Waals surface area contributed by atoms with Crippen LogP contribution in [0.1, 0.15) is 32.6 Å². The van der Waals surface area contributed by atoms with E-state index in [0.29, 0.717) is 5.92 Å². The summed E-state index contributed by atoms with van der Waals surface area (Å²) in [7, 11) is 1.52. The molecule has 92 valence electrons. The van der Waals surface area contributed by atoms with Crippen molar-refractivity contribution in [2.24, 2.45) is 17.8 Å². The second-order valence-electron chi connectivity index (χ2n) is 5.17. The summed E-state index contributed by atoms with van der Waals surface area (Å²) in [5.41, 5.74) is 0. The maximum absolute atomic E-state index is 11.7. The molecule has 16 heavy (non-hydrogen) atoms. The standard InChI is InChI=1S/C13H23NO2/c1-3-14-8-7-11-10(9-14)5-4-6-12(11)13(15)16-2/h10-12H,3-9H2,1-2H3/t10-,11-,12+/m0/s1. The van der Waals surface area contributed by atoms with Crippen molar-refractivity contribution in [1.29, 1.82) is 0 Å². The van der Waals surface area contributed by atoms with Crippen molar-refractivity contribution < 1.29 is 9.53 Å². The van der Waals surface area contributed by atoms with Gasteiger partial charge in [-0.05, 0) is 44.2 Å². The van der Waals surface area contributed by atoms with Crippen molar-refractivity contribution >= 4 is 5.97 Å². The Bertz CT molecular complexity index is 254.